The molecule has 1 unspecified atom stereocenters. The molecule has 0 bridgehead atoms. The number of carbonyl (C=O) groups excluding carboxylic acids is 2. The monoisotopic (exact) mass is 609 g/mol. The van der Waals surface area contributed by atoms with Crippen molar-refractivity contribution in [3.63, 3.8) is 0 Å². The van der Waals surface area contributed by atoms with Gasteiger partial charge in [-0.05, 0) is 68.5 Å². The van der Waals surface area contributed by atoms with E-state index in [1.807, 2.05) is 65.3 Å². The summed E-state index contributed by atoms with van der Waals surface area (Å²) in [7, 11) is 0. The average molecular weight is 610 g/mol. The van der Waals surface area contributed by atoms with Gasteiger partial charge in [-0.1, -0.05) is 86.1 Å². The minimum absolute atomic E-state index is 0.0249. The Hall–Kier alpha value is -3.91. The Bertz CT molecular complexity index is 1540. The van der Waals surface area contributed by atoms with E-state index in [0.29, 0.717) is 26.1 Å². The van der Waals surface area contributed by atoms with Crippen LogP contribution in [0, 0.1) is 6.92 Å². The third-order valence-electron chi connectivity index (χ3n) is 8.20. The molecular formula is C36H43N5O2S. The van der Waals surface area contributed by atoms with Crippen molar-refractivity contribution < 1.29 is 9.59 Å². The number of nitrogens with zero attached hydrogens (tertiary/aromatic N) is 5. The molecule has 1 aliphatic rings. The third-order valence-corrected chi connectivity index (χ3v) is 9.22. The number of thioether (sulfide) groups is 1. The molecule has 2 heterocycles. The fraction of sp³-hybridized carbons (Fsp3) is 0.389. The molecule has 8 heteroatoms. The molecule has 4 aromatic rings. The first-order valence-electron chi connectivity index (χ1n) is 15.8. The first-order valence-corrected chi connectivity index (χ1v) is 16.8. The lowest BCUT2D eigenvalue weighted by Crippen LogP contribution is -2.55. The van der Waals surface area contributed by atoms with Gasteiger partial charge in [0.25, 0.3) is 5.91 Å². The standard InChI is InChI=1S/C36H43N5O2S/c1-4-5-7-13-29-18-20-31(21-19-29)35(43)40-23-22-39(26-28(40)3)33(42)17-11-24-44-36-38-37-34(30-14-8-6-9-15-30)41(36)32-16-10-12-27(2)25-32/h6,8-10,12,14-16,18-21,25,28H,4-5,7,11,13,17,22-24,26H2,1-3H3. The van der Waals surface area contributed by atoms with Crippen LogP contribution in [0.2, 0.25) is 0 Å². The number of piperazine rings is 1. The highest BCUT2D eigenvalue weighted by Crippen LogP contribution is 2.29. The number of aryl methyl sites for hydroxylation is 2. The van der Waals surface area contributed by atoms with Crippen LogP contribution in [0.3, 0.4) is 0 Å². The highest BCUT2D eigenvalue weighted by Gasteiger charge is 2.30. The Morgan fingerprint density at radius 2 is 1.70 bits per heavy atom. The Balaban J connectivity index is 1.13. The van der Waals surface area contributed by atoms with E-state index in [0.717, 1.165) is 46.4 Å². The lowest BCUT2D eigenvalue weighted by Gasteiger charge is -2.40. The van der Waals surface area contributed by atoms with Crippen LogP contribution >= 0.6 is 11.8 Å². The van der Waals surface area contributed by atoms with E-state index in [9.17, 15) is 9.59 Å². The van der Waals surface area contributed by atoms with Gasteiger partial charge in [0.1, 0.15) is 0 Å². The number of hydrogen-bond donors (Lipinski definition) is 0. The summed E-state index contributed by atoms with van der Waals surface area (Å²) in [5.74, 6) is 1.76. The lowest BCUT2D eigenvalue weighted by atomic mass is 10.0. The topological polar surface area (TPSA) is 71.3 Å². The Morgan fingerprint density at radius 1 is 0.909 bits per heavy atom. The van der Waals surface area contributed by atoms with Crippen molar-refractivity contribution in [2.75, 3.05) is 25.4 Å². The van der Waals surface area contributed by atoms with Crippen LogP contribution in [-0.2, 0) is 11.2 Å². The summed E-state index contributed by atoms with van der Waals surface area (Å²) >= 11 is 1.63. The molecule has 0 aliphatic carbocycles. The normalized spacial score (nSPS) is 15.0. The van der Waals surface area contributed by atoms with E-state index in [-0.39, 0.29) is 17.9 Å². The molecule has 44 heavy (non-hydrogen) atoms. The molecule has 0 N–H and O–H groups in total. The summed E-state index contributed by atoms with van der Waals surface area (Å²) in [6, 6.07) is 26.5. The molecular weight excluding hydrogens is 566 g/mol. The van der Waals surface area contributed by atoms with E-state index in [2.05, 4.69) is 58.9 Å². The molecule has 7 nitrogen and oxygen atoms in total. The summed E-state index contributed by atoms with van der Waals surface area (Å²) < 4.78 is 2.10. The lowest BCUT2D eigenvalue weighted by molar-refractivity contribution is -0.133. The second kappa shape index (κ2) is 15.2. The van der Waals surface area contributed by atoms with Crippen molar-refractivity contribution >= 4 is 23.6 Å². The summed E-state index contributed by atoms with van der Waals surface area (Å²) in [5, 5.41) is 9.88. The Labute approximate surface area is 265 Å². The quantitative estimate of drug-likeness (QED) is 0.125. The predicted molar refractivity (Wildman–Crippen MR) is 178 cm³/mol. The van der Waals surface area contributed by atoms with Gasteiger partial charge in [0.15, 0.2) is 11.0 Å². The van der Waals surface area contributed by atoms with Gasteiger partial charge in [0.05, 0.1) is 0 Å². The Kier molecular flexibility index (Phi) is 10.9. The van der Waals surface area contributed by atoms with Crippen molar-refractivity contribution in [1.82, 2.24) is 24.6 Å². The molecule has 0 spiro atoms. The minimum atomic E-state index is -0.0249. The van der Waals surface area contributed by atoms with Crippen molar-refractivity contribution in [2.24, 2.45) is 0 Å². The molecule has 1 aliphatic heterocycles. The van der Waals surface area contributed by atoms with E-state index in [1.165, 1.54) is 30.4 Å². The van der Waals surface area contributed by atoms with Crippen molar-refractivity contribution in [2.45, 2.75) is 70.5 Å². The fourth-order valence-electron chi connectivity index (χ4n) is 5.73. The van der Waals surface area contributed by atoms with Gasteiger partial charge in [-0.3, -0.25) is 14.2 Å². The molecule has 1 fully saturated rings. The number of carbonyl (C=O) groups is 2. The molecule has 0 saturated carbocycles. The van der Waals surface area contributed by atoms with Crippen molar-refractivity contribution in [3.05, 3.63) is 95.6 Å². The van der Waals surface area contributed by atoms with Gasteiger partial charge in [-0.15, -0.1) is 10.2 Å². The smallest absolute Gasteiger partial charge is 0.254 e. The van der Waals surface area contributed by atoms with E-state index in [1.54, 1.807) is 11.8 Å². The number of benzene rings is 3. The van der Waals surface area contributed by atoms with Crippen LogP contribution in [0.4, 0.5) is 0 Å². The molecule has 1 atom stereocenters. The minimum Gasteiger partial charge on any atom is -0.339 e. The molecule has 5 rings (SSSR count). The highest BCUT2D eigenvalue weighted by molar-refractivity contribution is 7.99. The number of amides is 2. The maximum Gasteiger partial charge on any atom is 0.254 e. The van der Waals surface area contributed by atoms with Crippen LogP contribution in [0.5, 0.6) is 0 Å². The summed E-state index contributed by atoms with van der Waals surface area (Å²) in [4.78, 5) is 30.2. The van der Waals surface area contributed by atoms with Crippen molar-refractivity contribution in [3.8, 4) is 17.1 Å². The van der Waals surface area contributed by atoms with Gasteiger partial charge in [0.2, 0.25) is 5.91 Å². The van der Waals surface area contributed by atoms with Gasteiger partial charge in [-0.2, -0.15) is 0 Å². The highest BCUT2D eigenvalue weighted by atomic mass is 32.2. The maximum absolute atomic E-state index is 13.3. The zero-order valence-corrected chi connectivity index (χ0v) is 26.9. The zero-order chi connectivity index (χ0) is 30.9. The maximum atomic E-state index is 13.3. The third kappa shape index (κ3) is 7.78. The van der Waals surface area contributed by atoms with Gasteiger partial charge in [0, 0.05) is 54.7 Å². The van der Waals surface area contributed by atoms with Gasteiger partial charge in [-0.25, -0.2) is 0 Å². The first kappa shape index (κ1) is 31.5. The molecule has 3 aromatic carbocycles. The number of aromatic nitrogens is 3. The SMILES string of the molecule is CCCCCc1ccc(C(=O)N2CCN(C(=O)CCCSc3nnc(-c4ccccc4)n3-c3cccc(C)c3)CC2C)cc1. The predicted octanol–water partition coefficient (Wildman–Crippen LogP) is 7.22. The first-order chi connectivity index (χ1) is 21.4. The Morgan fingerprint density at radius 3 is 2.43 bits per heavy atom. The van der Waals surface area contributed by atoms with E-state index >= 15 is 0 Å². The molecule has 1 saturated heterocycles. The van der Waals surface area contributed by atoms with E-state index in [4.69, 9.17) is 0 Å². The number of unbranched alkanes of at least 4 members (excludes halogenated alkanes) is 2. The molecule has 1 aromatic heterocycles. The summed E-state index contributed by atoms with van der Waals surface area (Å²) in [6.45, 7) is 8.01. The zero-order valence-electron chi connectivity index (χ0n) is 26.1. The summed E-state index contributed by atoms with van der Waals surface area (Å²) in [6.07, 6.45) is 5.88. The van der Waals surface area contributed by atoms with Crippen LogP contribution in [0.25, 0.3) is 17.1 Å². The van der Waals surface area contributed by atoms with Crippen LogP contribution in [-0.4, -0.2) is 67.8 Å². The molecule has 2 amide bonds. The second-order valence-electron chi connectivity index (χ2n) is 11.6. The molecule has 230 valence electrons. The number of hydrogen-bond acceptors (Lipinski definition) is 5. The largest absolute Gasteiger partial charge is 0.339 e. The van der Waals surface area contributed by atoms with Crippen molar-refractivity contribution in [1.29, 1.82) is 0 Å². The second-order valence-corrected chi connectivity index (χ2v) is 12.7. The van der Waals surface area contributed by atoms with Crippen LogP contribution < -0.4 is 0 Å². The van der Waals surface area contributed by atoms with Gasteiger partial charge >= 0.3 is 0 Å². The van der Waals surface area contributed by atoms with E-state index < -0.39 is 0 Å². The molecule has 0 radical (unpaired) electrons. The van der Waals surface area contributed by atoms with Gasteiger partial charge < -0.3 is 9.80 Å². The average Bonchev–Trinajstić information content (AvgIpc) is 3.47. The van der Waals surface area contributed by atoms with Crippen LogP contribution in [0.15, 0.2) is 84.0 Å². The van der Waals surface area contributed by atoms with Crippen LogP contribution in [0.1, 0.15) is 67.4 Å². The summed E-state index contributed by atoms with van der Waals surface area (Å²) in [5.41, 5.74) is 5.21. The number of rotatable bonds is 12. The fourth-order valence-corrected chi connectivity index (χ4v) is 6.62.